The van der Waals surface area contributed by atoms with Gasteiger partial charge in [0.2, 0.25) is 0 Å². The van der Waals surface area contributed by atoms with E-state index in [-0.39, 0.29) is 12.2 Å². The van der Waals surface area contributed by atoms with Gasteiger partial charge in [0, 0.05) is 18.1 Å². The van der Waals surface area contributed by atoms with Gasteiger partial charge in [-0.05, 0) is 75.5 Å². The lowest BCUT2D eigenvalue weighted by Crippen LogP contribution is -2.47. The number of phenols is 1. The topological polar surface area (TPSA) is 49.7 Å². The number of unbranched alkanes of at least 4 members (excludes halogenated alkanes) is 2. The van der Waals surface area contributed by atoms with Crippen molar-refractivity contribution >= 4 is 0 Å². The van der Waals surface area contributed by atoms with E-state index in [1.165, 1.54) is 18.4 Å². The fourth-order valence-corrected chi connectivity index (χ4v) is 4.78. The highest BCUT2D eigenvalue weighted by atomic mass is 16.5. The van der Waals surface area contributed by atoms with Crippen LogP contribution in [0.15, 0.2) is 12.1 Å². The maximum absolute atomic E-state index is 10.7. The van der Waals surface area contributed by atoms with Gasteiger partial charge in [-0.1, -0.05) is 19.8 Å². The smallest absolute Gasteiger partial charge is 0.127 e. The molecule has 2 aliphatic rings. The van der Waals surface area contributed by atoms with Gasteiger partial charge >= 0.3 is 0 Å². The summed E-state index contributed by atoms with van der Waals surface area (Å²) in [5.74, 6) is 2.30. The standard InChI is InChI=1S/C21H32O3/c1-4-5-6-7-14-11-18(23)20-16-10-15(13-22)8-9-17(16)21(2,3)24-19(20)12-14/h11-12,15-17,22-23H,4-10,13H2,1-3H3/t15-,16?,17-/m0/s1. The number of aromatic hydroxyl groups is 1. The SMILES string of the molecule is CCCCCc1cc(O)c2c(c1)OC(C)(C)[C@H]1CC[C@H](CO)CC21. The molecular weight excluding hydrogens is 300 g/mol. The Kier molecular flexibility index (Phi) is 5.10. The van der Waals surface area contributed by atoms with Gasteiger partial charge in [0.25, 0.3) is 0 Å². The molecule has 2 N–H and O–H groups in total. The second kappa shape index (κ2) is 6.95. The van der Waals surface area contributed by atoms with Crippen molar-refractivity contribution in [2.75, 3.05) is 6.61 Å². The molecule has 1 unspecified atom stereocenters. The third kappa shape index (κ3) is 3.28. The predicted octanol–water partition coefficient (Wildman–Crippen LogP) is 4.79. The molecule has 0 bridgehead atoms. The van der Waals surface area contributed by atoms with Crippen molar-refractivity contribution in [2.24, 2.45) is 11.8 Å². The molecule has 3 nitrogen and oxygen atoms in total. The monoisotopic (exact) mass is 332 g/mol. The lowest BCUT2D eigenvalue weighted by atomic mass is 9.64. The van der Waals surface area contributed by atoms with Crippen molar-refractivity contribution in [3.05, 3.63) is 23.3 Å². The molecule has 0 amide bonds. The van der Waals surface area contributed by atoms with E-state index in [0.717, 1.165) is 43.4 Å². The predicted molar refractivity (Wildman–Crippen MR) is 96.7 cm³/mol. The van der Waals surface area contributed by atoms with Crippen LogP contribution in [0.1, 0.15) is 76.3 Å². The summed E-state index contributed by atoms with van der Waals surface area (Å²) >= 11 is 0. The summed E-state index contributed by atoms with van der Waals surface area (Å²) < 4.78 is 6.36. The van der Waals surface area contributed by atoms with Gasteiger partial charge in [0.05, 0.1) is 0 Å². The summed E-state index contributed by atoms with van der Waals surface area (Å²) in [5, 5.41) is 20.3. The maximum atomic E-state index is 10.7. The van der Waals surface area contributed by atoms with Crippen LogP contribution in [-0.4, -0.2) is 22.4 Å². The van der Waals surface area contributed by atoms with Crippen molar-refractivity contribution in [1.29, 1.82) is 0 Å². The van der Waals surface area contributed by atoms with Gasteiger partial charge in [0.15, 0.2) is 0 Å². The first-order valence-corrected chi connectivity index (χ1v) is 9.62. The summed E-state index contributed by atoms with van der Waals surface area (Å²) in [6.45, 7) is 6.80. The zero-order valence-electron chi connectivity index (χ0n) is 15.3. The summed E-state index contributed by atoms with van der Waals surface area (Å²) in [6, 6.07) is 4.08. The number of aliphatic hydroxyl groups is 1. The molecule has 1 heterocycles. The third-order valence-electron chi connectivity index (χ3n) is 6.10. The normalized spacial score (nSPS) is 27.9. The zero-order valence-corrected chi connectivity index (χ0v) is 15.3. The van der Waals surface area contributed by atoms with Gasteiger partial charge in [-0.3, -0.25) is 0 Å². The molecule has 1 aliphatic heterocycles. The summed E-state index contributed by atoms with van der Waals surface area (Å²) in [6.07, 6.45) is 7.61. The van der Waals surface area contributed by atoms with Gasteiger partial charge < -0.3 is 14.9 Å². The van der Waals surface area contributed by atoms with Crippen LogP contribution in [0.5, 0.6) is 11.5 Å². The first-order chi connectivity index (χ1) is 11.5. The second-order valence-electron chi connectivity index (χ2n) is 8.26. The Labute approximate surface area is 146 Å². The minimum absolute atomic E-state index is 0.216. The van der Waals surface area contributed by atoms with E-state index < -0.39 is 0 Å². The lowest BCUT2D eigenvalue weighted by molar-refractivity contribution is -0.0210. The van der Waals surface area contributed by atoms with Crippen molar-refractivity contribution in [2.45, 2.75) is 77.2 Å². The van der Waals surface area contributed by atoms with Gasteiger partial charge in [0.1, 0.15) is 17.1 Å². The van der Waals surface area contributed by atoms with Crippen LogP contribution < -0.4 is 4.74 Å². The van der Waals surface area contributed by atoms with Gasteiger partial charge in [-0.25, -0.2) is 0 Å². The molecule has 0 spiro atoms. The molecule has 3 rings (SSSR count). The van der Waals surface area contributed by atoms with Crippen LogP contribution in [0.25, 0.3) is 0 Å². The van der Waals surface area contributed by atoms with E-state index in [1.54, 1.807) is 0 Å². The minimum atomic E-state index is -0.216. The highest BCUT2D eigenvalue weighted by molar-refractivity contribution is 5.52. The zero-order chi connectivity index (χ0) is 17.3. The molecule has 134 valence electrons. The van der Waals surface area contributed by atoms with E-state index in [9.17, 15) is 10.2 Å². The Morgan fingerprint density at radius 2 is 2.00 bits per heavy atom. The Morgan fingerprint density at radius 1 is 1.21 bits per heavy atom. The number of fused-ring (bicyclic) bond motifs is 3. The van der Waals surface area contributed by atoms with E-state index >= 15 is 0 Å². The number of benzene rings is 1. The second-order valence-corrected chi connectivity index (χ2v) is 8.26. The molecule has 1 aromatic rings. The van der Waals surface area contributed by atoms with Crippen LogP contribution in [0.2, 0.25) is 0 Å². The van der Waals surface area contributed by atoms with Crippen molar-refractivity contribution in [3.8, 4) is 11.5 Å². The molecule has 1 fully saturated rings. The Hall–Kier alpha value is -1.22. The fraction of sp³-hybridized carbons (Fsp3) is 0.714. The maximum Gasteiger partial charge on any atom is 0.127 e. The first kappa shape index (κ1) is 17.6. The molecule has 1 saturated carbocycles. The average molecular weight is 332 g/mol. The largest absolute Gasteiger partial charge is 0.508 e. The van der Waals surface area contributed by atoms with Crippen molar-refractivity contribution in [3.63, 3.8) is 0 Å². The molecule has 24 heavy (non-hydrogen) atoms. The van der Waals surface area contributed by atoms with Crippen LogP contribution in [0.4, 0.5) is 0 Å². The van der Waals surface area contributed by atoms with Gasteiger partial charge in [-0.2, -0.15) is 0 Å². The molecule has 0 aromatic heterocycles. The van der Waals surface area contributed by atoms with E-state index in [4.69, 9.17) is 4.74 Å². The molecule has 3 heteroatoms. The summed E-state index contributed by atoms with van der Waals surface area (Å²) in [7, 11) is 0. The molecule has 0 saturated heterocycles. The molecule has 3 atom stereocenters. The van der Waals surface area contributed by atoms with E-state index in [1.807, 2.05) is 6.07 Å². The average Bonchev–Trinajstić information content (AvgIpc) is 2.53. The Balaban J connectivity index is 1.93. The number of ether oxygens (including phenoxy) is 1. The Morgan fingerprint density at radius 3 is 2.71 bits per heavy atom. The summed E-state index contributed by atoms with van der Waals surface area (Å²) in [4.78, 5) is 0. The molecular formula is C21H32O3. The fourth-order valence-electron chi connectivity index (χ4n) is 4.78. The first-order valence-electron chi connectivity index (χ1n) is 9.62. The molecule has 0 radical (unpaired) electrons. The third-order valence-corrected chi connectivity index (χ3v) is 6.10. The Bertz CT molecular complexity index is 579. The lowest BCUT2D eigenvalue weighted by Gasteiger charge is -2.49. The van der Waals surface area contributed by atoms with E-state index in [2.05, 4.69) is 26.8 Å². The van der Waals surface area contributed by atoms with E-state index in [0.29, 0.717) is 23.5 Å². The quantitative estimate of drug-likeness (QED) is 0.762. The number of phenolic OH excluding ortho intramolecular Hbond substituents is 1. The highest BCUT2D eigenvalue weighted by Crippen LogP contribution is 2.55. The number of hydrogen-bond donors (Lipinski definition) is 2. The number of hydrogen-bond acceptors (Lipinski definition) is 3. The number of rotatable bonds is 5. The van der Waals surface area contributed by atoms with Crippen molar-refractivity contribution in [1.82, 2.24) is 0 Å². The highest BCUT2D eigenvalue weighted by Gasteiger charge is 2.47. The summed E-state index contributed by atoms with van der Waals surface area (Å²) in [5.41, 5.74) is 1.94. The number of aryl methyl sites for hydroxylation is 1. The van der Waals surface area contributed by atoms with Gasteiger partial charge in [-0.15, -0.1) is 0 Å². The van der Waals surface area contributed by atoms with Crippen LogP contribution >= 0.6 is 0 Å². The minimum Gasteiger partial charge on any atom is -0.508 e. The van der Waals surface area contributed by atoms with Crippen LogP contribution in [0.3, 0.4) is 0 Å². The van der Waals surface area contributed by atoms with Crippen LogP contribution in [-0.2, 0) is 6.42 Å². The number of aliphatic hydroxyl groups excluding tert-OH is 1. The molecule has 1 aliphatic carbocycles. The molecule has 1 aromatic carbocycles. The van der Waals surface area contributed by atoms with Crippen LogP contribution in [0, 0.1) is 11.8 Å². The van der Waals surface area contributed by atoms with Crippen molar-refractivity contribution < 1.29 is 14.9 Å².